The average molecular weight is 241 g/mol. The van der Waals surface area contributed by atoms with Crippen molar-refractivity contribution in [3.8, 4) is 0 Å². The number of nitrogens with two attached hydrogens (primary N) is 1. The Morgan fingerprint density at radius 2 is 2.18 bits per heavy atom. The fourth-order valence-electron chi connectivity index (χ4n) is 1.72. The molecule has 2 rings (SSSR count). The van der Waals surface area contributed by atoms with Gasteiger partial charge in [-0.05, 0) is 12.1 Å². The molecule has 1 amide bonds. The van der Waals surface area contributed by atoms with Crippen LogP contribution in [0.15, 0.2) is 18.2 Å². The van der Waals surface area contributed by atoms with E-state index in [-0.39, 0.29) is 24.2 Å². The summed E-state index contributed by atoms with van der Waals surface area (Å²) < 4.78 is 25.8. The second kappa shape index (κ2) is 4.77. The number of amides is 1. The van der Waals surface area contributed by atoms with Gasteiger partial charge in [-0.3, -0.25) is 9.69 Å². The molecular weight excluding hydrogens is 228 g/mol. The molecule has 1 aromatic rings. The molecule has 0 atom stereocenters. The molecule has 0 unspecified atom stereocenters. The highest BCUT2D eigenvalue weighted by atomic mass is 19.1. The van der Waals surface area contributed by atoms with Gasteiger partial charge in [0, 0.05) is 25.2 Å². The van der Waals surface area contributed by atoms with Crippen molar-refractivity contribution in [1.82, 2.24) is 4.90 Å². The highest BCUT2D eigenvalue weighted by Gasteiger charge is 2.24. The Kier molecular flexibility index (Phi) is 3.35. The molecule has 0 saturated carbocycles. The number of nitrogens with one attached hydrogen (secondary N) is 1. The van der Waals surface area contributed by atoms with E-state index in [1.807, 2.05) is 4.90 Å². The van der Waals surface area contributed by atoms with Gasteiger partial charge in [-0.15, -0.1) is 0 Å². The smallest absolute Gasteiger partial charge is 0.238 e. The van der Waals surface area contributed by atoms with Crippen molar-refractivity contribution in [2.24, 2.45) is 5.73 Å². The van der Waals surface area contributed by atoms with Crippen molar-refractivity contribution in [1.29, 1.82) is 0 Å². The van der Waals surface area contributed by atoms with E-state index in [2.05, 4.69) is 5.32 Å². The largest absolute Gasteiger partial charge is 0.325 e. The molecule has 0 spiro atoms. The van der Waals surface area contributed by atoms with Gasteiger partial charge >= 0.3 is 0 Å². The normalized spacial score (nSPS) is 16.6. The SMILES string of the molecule is NC1CN(CC(=O)Nc2ccc(F)cc2F)C1. The van der Waals surface area contributed by atoms with E-state index in [9.17, 15) is 13.6 Å². The lowest BCUT2D eigenvalue weighted by Crippen LogP contribution is -2.57. The summed E-state index contributed by atoms with van der Waals surface area (Å²) in [5, 5.41) is 2.39. The van der Waals surface area contributed by atoms with Gasteiger partial charge < -0.3 is 11.1 Å². The molecule has 6 heteroatoms. The van der Waals surface area contributed by atoms with Crippen LogP contribution in [-0.4, -0.2) is 36.5 Å². The van der Waals surface area contributed by atoms with Crippen LogP contribution in [0.3, 0.4) is 0 Å². The summed E-state index contributed by atoms with van der Waals surface area (Å²) in [6, 6.07) is 3.14. The van der Waals surface area contributed by atoms with Gasteiger partial charge in [0.1, 0.15) is 11.6 Å². The zero-order valence-electron chi connectivity index (χ0n) is 9.12. The number of hydrogen-bond acceptors (Lipinski definition) is 3. The second-order valence-corrected chi connectivity index (χ2v) is 4.13. The van der Waals surface area contributed by atoms with Gasteiger partial charge in [0.05, 0.1) is 12.2 Å². The van der Waals surface area contributed by atoms with Crippen LogP contribution in [-0.2, 0) is 4.79 Å². The van der Waals surface area contributed by atoms with Crippen LogP contribution >= 0.6 is 0 Å². The molecule has 1 aromatic carbocycles. The summed E-state index contributed by atoms with van der Waals surface area (Å²) in [5.74, 6) is -1.78. The maximum atomic E-state index is 13.2. The quantitative estimate of drug-likeness (QED) is 0.812. The first-order valence-electron chi connectivity index (χ1n) is 5.27. The summed E-state index contributed by atoms with van der Waals surface area (Å²) in [6.45, 7) is 1.50. The van der Waals surface area contributed by atoms with Gasteiger partial charge in [-0.1, -0.05) is 0 Å². The maximum Gasteiger partial charge on any atom is 0.238 e. The van der Waals surface area contributed by atoms with Crippen LogP contribution in [0.5, 0.6) is 0 Å². The molecule has 92 valence electrons. The summed E-state index contributed by atoms with van der Waals surface area (Å²) >= 11 is 0. The first kappa shape index (κ1) is 11.9. The maximum absolute atomic E-state index is 13.2. The minimum atomic E-state index is -0.779. The van der Waals surface area contributed by atoms with Crippen LogP contribution in [0.1, 0.15) is 0 Å². The highest BCUT2D eigenvalue weighted by Crippen LogP contribution is 2.15. The Balaban J connectivity index is 1.89. The van der Waals surface area contributed by atoms with Crippen molar-refractivity contribution in [2.45, 2.75) is 6.04 Å². The number of anilines is 1. The fourth-order valence-corrected chi connectivity index (χ4v) is 1.72. The van der Waals surface area contributed by atoms with Crippen molar-refractivity contribution < 1.29 is 13.6 Å². The molecule has 4 nitrogen and oxygen atoms in total. The van der Waals surface area contributed by atoms with E-state index >= 15 is 0 Å². The number of carbonyl (C=O) groups is 1. The second-order valence-electron chi connectivity index (χ2n) is 4.13. The summed E-state index contributed by atoms with van der Waals surface area (Å²) in [4.78, 5) is 13.4. The molecule has 0 bridgehead atoms. The Bertz CT molecular complexity index is 433. The summed E-state index contributed by atoms with van der Waals surface area (Å²) in [7, 11) is 0. The Labute approximate surface area is 97.4 Å². The van der Waals surface area contributed by atoms with Crippen molar-refractivity contribution in [3.05, 3.63) is 29.8 Å². The fraction of sp³-hybridized carbons (Fsp3) is 0.364. The van der Waals surface area contributed by atoms with Crippen LogP contribution in [0.2, 0.25) is 0 Å². The molecule has 1 fully saturated rings. The lowest BCUT2D eigenvalue weighted by Gasteiger charge is -2.36. The van der Waals surface area contributed by atoms with Gasteiger partial charge in [0.15, 0.2) is 0 Å². The molecule has 1 aliphatic rings. The van der Waals surface area contributed by atoms with Crippen LogP contribution in [0.25, 0.3) is 0 Å². The zero-order chi connectivity index (χ0) is 12.4. The average Bonchev–Trinajstić information content (AvgIpc) is 2.20. The predicted molar refractivity (Wildman–Crippen MR) is 59.4 cm³/mol. The molecular formula is C11H13F2N3O. The molecule has 1 heterocycles. The molecule has 3 N–H and O–H groups in total. The third-order valence-electron chi connectivity index (χ3n) is 2.56. The zero-order valence-corrected chi connectivity index (χ0v) is 9.12. The van der Waals surface area contributed by atoms with Crippen LogP contribution in [0, 0.1) is 11.6 Å². The number of benzene rings is 1. The number of halogens is 2. The van der Waals surface area contributed by atoms with E-state index in [1.54, 1.807) is 0 Å². The van der Waals surface area contributed by atoms with Crippen LogP contribution < -0.4 is 11.1 Å². The summed E-state index contributed by atoms with van der Waals surface area (Å²) in [5.41, 5.74) is 5.55. The molecule has 0 aromatic heterocycles. The predicted octanol–water partition coefficient (Wildman–Crippen LogP) is 0.546. The summed E-state index contributed by atoms with van der Waals surface area (Å²) in [6.07, 6.45) is 0. The Morgan fingerprint density at radius 1 is 1.47 bits per heavy atom. The van der Waals surface area contributed by atoms with Gasteiger partial charge in [-0.2, -0.15) is 0 Å². The van der Waals surface area contributed by atoms with E-state index in [0.717, 1.165) is 12.1 Å². The van der Waals surface area contributed by atoms with Gasteiger partial charge in [0.2, 0.25) is 5.91 Å². The molecule has 1 aliphatic heterocycles. The molecule has 1 saturated heterocycles. The molecule has 0 aliphatic carbocycles. The van der Waals surface area contributed by atoms with E-state index in [1.165, 1.54) is 6.07 Å². The Hall–Kier alpha value is -1.53. The number of hydrogen-bond donors (Lipinski definition) is 2. The van der Waals surface area contributed by atoms with E-state index in [4.69, 9.17) is 5.73 Å². The van der Waals surface area contributed by atoms with Crippen molar-refractivity contribution >= 4 is 11.6 Å². The van der Waals surface area contributed by atoms with E-state index < -0.39 is 11.6 Å². The van der Waals surface area contributed by atoms with Crippen LogP contribution in [0.4, 0.5) is 14.5 Å². The first-order chi connectivity index (χ1) is 8.04. The number of likely N-dealkylation sites (tertiary alicyclic amines) is 1. The van der Waals surface area contributed by atoms with Crippen molar-refractivity contribution in [2.75, 3.05) is 25.0 Å². The van der Waals surface area contributed by atoms with Crippen molar-refractivity contribution in [3.63, 3.8) is 0 Å². The number of rotatable bonds is 3. The standard InChI is InChI=1S/C11H13F2N3O/c12-7-1-2-10(9(13)3-7)15-11(17)6-16-4-8(14)5-16/h1-3,8H,4-6,14H2,(H,15,17). The van der Waals surface area contributed by atoms with Gasteiger partial charge in [0.25, 0.3) is 0 Å². The lowest BCUT2D eigenvalue weighted by atomic mass is 10.1. The third kappa shape index (κ3) is 2.98. The minimum absolute atomic E-state index is 0.0128. The minimum Gasteiger partial charge on any atom is -0.325 e. The third-order valence-corrected chi connectivity index (χ3v) is 2.56. The van der Waals surface area contributed by atoms with Gasteiger partial charge in [-0.25, -0.2) is 8.78 Å². The topological polar surface area (TPSA) is 58.4 Å². The Morgan fingerprint density at radius 3 is 2.76 bits per heavy atom. The number of nitrogens with zero attached hydrogens (tertiary/aromatic N) is 1. The number of carbonyl (C=O) groups excluding carboxylic acids is 1. The lowest BCUT2D eigenvalue weighted by molar-refractivity contribution is -0.118. The molecule has 0 radical (unpaired) electrons. The highest BCUT2D eigenvalue weighted by molar-refractivity contribution is 5.92. The first-order valence-corrected chi connectivity index (χ1v) is 5.27. The molecule has 17 heavy (non-hydrogen) atoms. The monoisotopic (exact) mass is 241 g/mol. The van der Waals surface area contributed by atoms with E-state index in [0.29, 0.717) is 13.1 Å².